The van der Waals surface area contributed by atoms with Crippen LogP contribution in [0.25, 0.3) is 10.8 Å². The van der Waals surface area contributed by atoms with E-state index in [1.165, 1.54) is 0 Å². The highest BCUT2D eigenvalue weighted by atomic mass is 16.6. The highest BCUT2D eigenvalue weighted by Crippen LogP contribution is 2.41. The summed E-state index contributed by atoms with van der Waals surface area (Å²) in [5.74, 6) is 0.207. The second-order valence-corrected chi connectivity index (χ2v) is 7.78. The summed E-state index contributed by atoms with van der Waals surface area (Å²) in [6.07, 6.45) is 0. The Morgan fingerprint density at radius 1 is 0.618 bits per heavy atom. The molecule has 8 nitrogen and oxygen atoms in total. The lowest BCUT2D eigenvalue weighted by Crippen LogP contribution is -2.31. The molecule has 3 aromatic rings. The van der Waals surface area contributed by atoms with Gasteiger partial charge < -0.3 is 29.0 Å². The molecule has 0 amide bonds. The zero-order chi connectivity index (χ0) is 23.4. The van der Waals surface area contributed by atoms with E-state index in [9.17, 15) is 5.11 Å². The van der Waals surface area contributed by atoms with E-state index in [1.807, 2.05) is 60.7 Å². The van der Waals surface area contributed by atoms with Crippen LogP contribution in [0, 0.1) is 0 Å². The van der Waals surface area contributed by atoms with Crippen LogP contribution in [0.2, 0.25) is 0 Å². The number of phenolic OH excluding ortho intramolecular Hbond substituents is 1. The second kappa shape index (κ2) is 13.0. The van der Waals surface area contributed by atoms with Gasteiger partial charge in [-0.2, -0.15) is 5.11 Å². The Morgan fingerprint density at radius 2 is 1.15 bits per heavy atom. The lowest BCUT2D eigenvalue weighted by Gasteiger charge is -2.26. The van der Waals surface area contributed by atoms with Gasteiger partial charge in [0, 0.05) is 23.9 Å². The van der Waals surface area contributed by atoms with Crippen LogP contribution in [-0.4, -0.2) is 71.1 Å². The van der Waals surface area contributed by atoms with Crippen LogP contribution in [0.4, 0.5) is 17.1 Å². The fourth-order valence-corrected chi connectivity index (χ4v) is 3.72. The fraction of sp³-hybridized carbons (Fsp3) is 0.385. The number of nitrogens with zero attached hydrogens (tertiary/aromatic N) is 3. The zero-order valence-corrected chi connectivity index (χ0v) is 19.3. The molecule has 1 aliphatic heterocycles. The molecule has 0 aromatic heterocycles. The normalized spacial score (nSPS) is 17.5. The van der Waals surface area contributed by atoms with Gasteiger partial charge >= 0.3 is 0 Å². The third kappa shape index (κ3) is 6.74. The molecule has 1 aliphatic rings. The van der Waals surface area contributed by atoms with Gasteiger partial charge in [-0.1, -0.05) is 42.5 Å². The number of ether oxygens (including phenoxy) is 4. The van der Waals surface area contributed by atoms with Crippen LogP contribution >= 0.6 is 0 Å². The first-order chi connectivity index (χ1) is 16.8. The summed E-state index contributed by atoms with van der Waals surface area (Å²) < 4.78 is 22.5. The van der Waals surface area contributed by atoms with E-state index in [2.05, 4.69) is 15.1 Å². The molecular weight excluding hydrogens is 434 g/mol. The molecule has 0 saturated carbocycles. The van der Waals surface area contributed by atoms with E-state index in [1.54, 1.807) is 0 Å². The monoisotopic (exact) mass is 465 g/mol. The minimum Gasteiger partial charge on any atom is -0.505 e. The predicted octanol–water partition coefficient (Wildman–Crippen LogP) is 4.85. The van der Waals surface area contributed by atoms with Crippen molar-refractivity contribution in [2.45, 2.75) is 0 Å². The minimum absolute atomic E-state index is 0.207. The van der Waals surface area contributed by atoms with E-state index < -0.39 is 0 Å². The molecule has 4 rings (SSSR count). The molecule has 0 bridgehead atoms. The van der Waals surface area contributed by atoms with Crippen molar-refractivity contribution >= 4 is 27.8 Å². The molecule has 1 saturated heterocycles. The topological polar surface area (TPSA) is 85.1 Å². The quantitative estimate of drug-likeness (QED) is 0.557. The van der Waals surface area contributed by atoms with Crippen molar-refractivity contribution in [3.63, 3.8) is 0 Å². The van der Waals surface area contributed by atoms with E-state index in [-0.39, 0.29) is 5.75 Å². The van der Waals surface area contributed by atoms with Gasteiger partial charge in [-0.05, 0) is 18.2 Å². The van der Waals surface area contributed by atoms with Crippen LogP contribution in [0.15, 0.2) is 70.9 Å². The first-order valence-corrected chi connectivity index (χ1v) is 11.6. The summed E-state index contributed by atoms with van der Waals surface area (Å²) in [6, 6.07) is 19.1. The number of rotatable bonds is 3. The average molecular weight is 466 g/mol. The van der Waals surface area contributed by atoms with Crippen LogP contribution < -0.4 is 4.90 Å². The first kappa shape index (κ1) is 24.1. The summed E-state index contributed by atoms with van der Waals surface area (Å²) in [5, 5.41) is 21.7. The number of phenols is 1. The summed E-state index contributed by atoms with van der Waals surface area (Å²) in [5.41, 5.74) is 2.12. The molecule has 0 radical (unpaired) electrons. The molecule has 3 aromatic carbocycles. The molecule has 180 valence electrons. The maximum absolute atomic E-state index is 11.2. The van der Waals surface area contributed by atoms with Crippen molar-refractivity contribution in [1.82, 2.24) is 0 Å². The number of fused-ring (bicyclic) bond motifs is 1. The Bertz CT molecular complexity index is 1040. The minimum atomic E-state index is 0.207. The number of anilines is 1. The first-order valence-electron chi connectivity index (χ1n) is 11.6. The van der Waals surface area contributed by atoms with Gasteiger partial charge in [0.15, 0.2) is 0 Å². The third-order valence-corrected chi connectivity index (χ3v) is 5.47. The molecular formula is C26H31N3O5. The van der Waals surface area contributed by atoms with Crippen molar-refractivity contribution in [1.29, 1.82) is 0 Å². The van der Waals surface area contributed by atoms with Gasteiger partial charge in [-0.15, -0.1) is 5.11 Å². The summed E-state index contributed by atoms with van der Waals surface area (Å²) in [6.45, 7) is 5.29. The molecule has 8 heteroatoms. The third-order valence-electron chi connectivity index (χ3n) is 5.47. The Labute approximate surface area is 199 Å². The van der Waals surface area contributed by atoms with Crippen molar-refractivity contribution in [2.24, 2.45) is 10.2 Å². The smallest absolute Gasteiger partial charge is 0.146 e. The van der Waals surface area contributed by atoms with E-state index in [0.29, 0.717) is 77.3 Å². The zero-order valence-electron chi connectivity index (χ0n) is 19.3. The Kier molecular flexibility index (Phi) is 9.21. The average Bonchev–Trinajstić information content (AvgIpc) is 2.89. The van der Waals surface area contributed by atoms with Gasteiger partial charge in [0.25, 0.3) is 0 Å². The van der Waals surface area contributed by atoms with Gasteiger partial charge in [-0.3, -0.25) is 0 Å². The second-order valence-electron chi connectivity index (χ2n) is 7.78. The Morgan fingerprint density at radius 3 is 1.76 bits per heavy atom. The molecule has 0 spiro atoms. The molecule has 0 aliphatic carbocycles. The fourth-order valence-electron chi connectivity index (χ4n) is 3.72. The van der Waals surface area contributed by atoms with E-state index in [0.717, 1.165) is 16.5 Å². The Hall–Kier alpha value is -3.04. The van der Waals surface area contributed by atoms with Crippen LogP contribution in [0.1, 0.15) is 0 Å². The van der Waals surface area contributed by atoms with Gasteiger partial charge in [-0.25, -0.2) is 0 Å². The van der Waals surface area contributed by atoms with Gasteiger partial charge in [0.05, 0.1) is 69.9 Å². The Balaban J connectivity index is 1.61. The maximum Gasteiger partial charge on any atom is 0.146 e. The standard InChI is InChI=1S/C26H31N3O5/c30-26-23-9-5-4-8-22(23)24(28-27-21-6-2-1-3-7-21)20-25(26)29-10-12-31-14-16-33-18-19-34-17-15-32-13-11-29/h1-9,20,30H,10-19H2. The summed E-state index contributed by atoms with van der Waals surface area (Å²) in [4.78, 5) is 2.06. The predicted molar refractivity (Wildman–Crippen MR) is 132 cm³/mol. The molecule has 34 heavy (non-hydrogen) atoms. The lowest BCUT2D eigenvalue weighted by atomic mass is 10.1. The molecule has 1 N–H and O–H groups in total. The van der Waals surface area contributed by atoms with Gasteiger partial charge in [0.2, 0.25) is 0 Å². The molecule has 1 fully saturated rings. The van der Waals surface area contributed by atoms with Crippen LogP contribution in [-0.2, 0) is 18.9 Å². The molecule has 0 atom stereocenters. The lowest BCUT2D eigenvalue weighted by molar-refractivity contribution is 0.00206. The number of hydrogen-bond donors (Lipinski definition) is 1. The SMILES string of the molecule is Oc1c(N2CCOCCOCCOCCOCC2)cc(N=Nc2ccccc2)c2ccccc12. The highest BCUT2D eigenvalue weighted by Gasteiger charge is 2.17. The van der Waals surface area contributed by atoms with Crippen molar-refractivity contribution < 1.29 is 24.1 Å². The van der Waals surface area contributed by atoms with Crippen molar-refractivity contribution in [3.05, 3.63) is 60.7 Å². The summed E-state index contributed by atoms with van der Waals surface area (Å²) >= 11 is 0. The van der Waals surface area contributed by atoms with Crippen LogP contribution in [0.3, 0.4) is 0 Å². The number of hydrogen-bond acceptors (Lipinski definition) is 8. The number of azo groups is 1. The molecule has 0 unspecified atom stereocenters. The van der Waals surface area contributed by atoms with Crippen molar-refractivity contribution in [3.8, 4) is 5.75 Å². The maximum atomic E-state index is 11.2. The van der Waals surface area contributed by atoms with Gasteiger partial charge in [0.1, 0.15) is 5.75 Å². The highest BCUT2D eigenvalue weighted by molar-refractivity contribution is 6.01. The number of benzene rings is 3. The van der Waals surface area contributed by atoms with E-state index >= 15 is 0 Å². The summed E-state index contributed by atoms with van der Waals surface area (Å²) in [7, 11) is 0. The van der Waals surface area contributed by atoms with Crippen molar-refractivity contribution in [2.75, 3.05) is 70.8 Å². The van der Waals surface area contributed by atoms with Crippen LogP contribution in [0.5, 0.6) is 5.75 Å². The largest absolute Gasteiger partial charge is 0.505 e. The number of aromatic hydroxyl groups is 1. The van der Waals surface area contributed by atoms with E-state index in [4.69, 9.17) is 18.9 Å². The molecule has 1 heterocycles.